The first kappa shape index (κ1) is 12.6. The number of fused-ring (bicyclic) bond motifs is 1. The lowest BCUT2D eigenvalue weighted by molar-refractivity contribution is -0.131. The molecule has 0 aromatic carbocycles. The van der Waals surface area contributed by atoms with E-state index in [0.29, 0.717) is 24.8 Å². The predicted molar refractivity (Wildman–Crippen MR) is 67.1 cm³/mol. The normalized spacial score (nSPS) is 11.4. The Bertz CT molecular complexity index is 573. The Kier molecular flexibility index (Phi) is 3.96. The number of nitrogens with zero attached hydrogens (tertiary/aromatic N) is 2. The third-order valence-corrected chi connectivity index (χ3v) is 2.93. The molecule has 6 nitrogen and oxygen atoms in total. The van der Waals surface area contributed by atoms with Crippen molar-refractivity contribution in [3.63, 3.8) is 0 Å². The van der Waals surface area contributed by atoms with Crippen molar-refractivity contribution in [2.75, 3.05) is 20.3 Å². The molecule has 1 N–H and O–H groups in total. The number of aliphatic carboxylic acids is 1. The minimum Gasteiger partial charge on any atom is -0.478 e. The van der Waals surface area contributed by atoms with Gasteiger partial charge in [-0.15, -0.1) is 11.3 Å². The summed E-state index contributed by atoms with van der Waals surface area (Å²) < 4.78 is 12.1. The zero-order valence-electron chi connectivity index (χ0n) is 9.70. The molecule has 0 amide bonds. The quantitative estimate of drug-likeness (QED) is 0.635. The lowest BCUT2D eigenvalue weighted by Crippen LogP contribution is -2.05. The van der Waals surface area contributed by atoms with Gasteiger partial charge in [0.25, 0.3) is 0 Å². The fraction of sp³-hybridized carbons (Fsp3) is 0.273. The number of methoxy groups -OCH3 is 1. The van der Waals surface area contributed by atoms with E-state index < -0.39 is 5.97 Å². The van der Waals surface area contributed by atoms with Crippen molar-refractivity contribution in [1.29, 1.82) is 0 Å². The summed E-state index contributed by atoms with van der Waals surface area (Å²) in [6.07, 6.45) is 4.35. The van der Waals surface area contributed by atoms with Gasteiger partial charge in [-0.25, -0.2) is 4.79 Å². The van der Waals surface area contributed by atoms with E-state index >= 15 is 0 Å². The number of hydrogen-bond donors (Lipinski definition) is 1. The molecule has 96 valence electrons. The van der Waals surface area contributed by atoms with E-state index in [1.165, 1.54) is 17.4 Å². The zero-order valence-corrected chi connectivity index (χ0v) is 10.5. The van der Waals surface area contributed by atoms with Gasteiger partial charge in [0, 0.05) is 24.8 Å². The number of carbonyl (C=O) groups is 1. The van der Waals surface area contributed by atoms with Gasteiger partial charge in [-0.1, -0.05) is 0 Å². The van der Waals surface area contributed by atoms with Crippen LogP contribution in [-0.2, 0) is 9.53 Å². The molecule has 0 aliphatic heterocycles. The number of thiazole rings is 1. The average molecular weight is 268 g/mol. The predicted octanol–water partition coefficient (Wildman–Crippen LogP) is 1.52. The number of carboxylic acid groups (broad SMARTS) is 1. The highest BCUT2D eigenvalue weighted by molar-refractivity contribution is 7.15. The molecule has 0 radical (unpaired) electrons. The third kappa shape index (κ3) is 2.69. The first-order chi connectivity index (χ1) is 8.72. The minimum atomic E-state index is -1.01. The largest absolute Gasteiger partial charge is 0.478 e. The van der Waals surface area contributed by atoms with Crippen LogP contribution in [0.1, 0.15) is 5.69 Å². The molecule has 2 aromatic heterocycles. The van der Waals surface area contributed by atoms with Crippen LogP contribution in [0.25, 0.3) is 11.0 Å². The van der Waals surface area contributed by atoms with E-state index in [1.807, 2.05) is 11.6 Å². The summed E-state index contributed by atoms with van der Waals surface area (Å²) in [6, 6.07) is 0. The van der Waals surface area contributed by atoms with Crippen molar-refractivity contribution in [3.8, 4) is 5.88 Å². The van der Waals surface area contributed by atoms with Gasteiger partial charge in [0.15, 0.2) is 4.96 Å². The van der Waals surface area contributed by atoms with Crippen molar-refractivity contribution >= 4 is 28.3 Å². The van der Waals surface area contributed by atoms with Crippen LogP contribution in [0.2, 0.25) is 0 Å². The SMILES string of the molecule is COCCOc1nc2sccn2c1C=CC(=O)O. The lowest BCUT2D eigenvalue weighted by Gasteiger charge is -2.02. The number of hydrogen-bond acceptors (Lipinski definition) is 5. The van der Waals surface area contributed by atoms with Crippen LogP contribution in [-0.4, -0.2) is 40.8 Å². The van der Waals surface area contributed by atoms with Crippen molar-refractivity contribution in [3.05, 3.63) is 23.3 Å². The second-order valence-electron chi connectivity index (χ2n) is 3.37. The van der Waals surface area contributed by atoms with Crippen molar-refractivity contribution in [2.24, 2.45) is 0 Å². The second kappa shape index (κ2) is 5.65. The van der Waals surface area contributed by atoms with Crippen molar-refractivity contribution in [1.82, 2.24) is 9.38 Å². The fourth-order valence-electron chi connectivity index (χ4n) is 1.41. The van der Waals surface area contributed by atoms with Gasteiger partial charge in [-0.3, -0.25) is 4.40 Å². The van der Waals surface area contributed by atoms with E-state index in [1.54, 1.807) is 11.5 Å². The van der Waals surface area contributed by atoms with Crippen LogP contribution < -0.4 is 4.74 Å². The van der Waals surface area contributed by atoms with E-state index in [2.05, 4.69) is 4.98 Å². The molecule has 7 heteroatoms. The first-order valence-electron chi connectivity index (χ1n) is 5.20. The van der Waals surface area contributed by atoms with Gasteiger partial charge < -0.3 is 14.6 Å². The highest BCUT2D eigenvalue weighted by atomic mass is 32.1. The van der Waals surface area contributed by atoms with E-state index in [9.17, 15) is 4.79 Å². The minimum absolute atomic E-state index is 0.370. The molecule has 0 saturated carbocycles. The molecule has 2 aromatic rings. The van der Waals surface area contributed by atoms with Crippen LogP contribution in [0.4, 0.5) is 0 Å². The van der Waals surface area contributed by atoms with Crippen LogP contribution >= 0.6 is 11.3 Å². The summed E-state index contributed by atoms with van der Waals surface area (Å²) in [5.74, 6) is -0.598. The number of carboxylic acids is 1. The zero-order chi connectivity index (χ0) is 13.0. The molecule has 0 unspecified atom stereocenters. The summed E-state index contributed by atoms with van der Waals surface area (Å²) in [7, 11) is 1.58. The van der Waals surface area contributed by atoms with Crippen molar-refractivity contribution in [2.45, 2.75) is 0 Å². The first-order valence-corrected chi connectivity index (χ1v) is 6.08. The Morgan fingerprint density at radius 3 is 3.17 bits per heavy atom. The van der Waals surface area contributed by atoms with E-state index in [4.69, 9.17) is 14.6 Å². The Labute approximate surface area is 107 Å². The highest BCUT2D eigenvalue weighted by Gasteiger charge is 2.12. The molecule has 0 atom stereocenters. The summed E-state index contributed by atoms with van der Waals surface area (Å²) in [6.45, 7) is 0.822. The summed E-state index contributed by atoms with van der Waals surface area (Å²) >= 11 is 1.46. The number of imidazole rings is 1. The van der Waals surface area contributed by atoms with Crippen LogP contribution in [0.3, 0.4) is 0 Å². The fourth-order valence-corrected chi connectivity index (χ4v) is 2.13. The third-order valence-electron chi connectivity index (χ3n) is 2.18. The van der Waals surface area contributed by atoms with Gasteiger partial charge in [0.2, 0.25) is 5.88 Å². The number of aromatic nitrogens is 2. The maximum atomic E-state index is 10.6. The van der Waals surface area contributed by atoms with Gasteiger partial charge in [0.1, 0.15) is 12.3 Å². The van der Waals surface area contributed by atoms with Crippen LogP contribution in [0.15, 0.2) is 17.7 Å². The summed E-state index contributed by atoms with van der Waals surface area (Å²) in [5.41, 5.74) is 0.616. The Hall–Kier alpha value is -1.86. The second-order valence-corrected chi connectivity index (χ2v) is 4.24. The topological polar surface area (TPSA) is 73.1 Å². The lowest BCUT2D eigenvalue weighted by atomic mass is 10.4. The van der Waals surface area contributed by atoms with Gasteiger partial charge in [0.05, 0.1) is 6.61 Å². The molecule has 2 rings (SSSR count). The Balaban J connectivity index is 2.29. The Morgan fingerprint density at radius 2 is 2.44 bits per heavy atom. The highest BCUT2D eigenvalue weighted by Crippen LogP contribution is 2.24. The summed E-state index contributed by atoms with van der Waals surface area (Å²) in [4.78, 5) is 15.6. The molecular formula is C11H12N2O4S. The number of rotatable bonds is 6. The Morgan fingerprint density at radius 1 is 1.61 bits per heavy atom. The number of ether oxygens (including phenoxy) is 2. The molecule has 0 fully saturated rings. The molecule has 0 aliphatic carbocycles. The average Bonchev–Trinajstić information content (AvgIpc) is 2.87. The van der Waals surface area contributed by atoms with Gasteiger partial charge in [-0.05, 0) is 6.08 Å². The monoisotopic (exact) mass is 268 g/mol. The molecule has 0 bridgehead atoms. The van der Waals surface area contributed by atoms with Crippen molar-refractivity contribution < 1.29 is 19.4 Å². The molecule has 18 heavy (non-hydrogen) atoms. The molecule has 2 heterocycles. The van der Waals surface area contributed by atoms with E-state index in [0.717, 1.165) is 11.0 Å². The molecule has 0 spiro atoms. The maximum Gasteiger partial charge on any atom is 0.328 e. The standard InChI is InChI=1S/C11H12N2O4S/c1-16-5-6-17-10-8(2-3-9(14)15)13-4-7-18-11(13)12-10/h2-4,7H,5-6H2,1H3,(H,14,15). The van der Waals surface area contributed by atoms with Crippen LogP contribution in [0.5, 0.6) is 5.88 Å². The van der Waals surface area contributed by atoms with Crippen LogP contribution in [0, 0.1) is 0 Å². The maximum absolute atomic E-state index is 10.6. The van der Waals surface area contributed by atoms with Gasteiger partial charge in [-0.2, -0.15) is 4.98 Å². The molecule has 0 saturated heterocycles. The molecular weight excluding hydrogens is 256 g/mol. The summed E-state index contributed by atoms with van der Waals surface area (Å²) in [5, 5.41) is 10.5. The van der Waals surface area contributed by atoms with Gasteiger partial charge >= 0.3 is 5.97 Å². The smallest absolute Gasteiger partial charge is 0.328 e. The van der Waals surface area contributed by atoms with E-state index in [-0.39, 0.29) is 0 Å². The molecule has 0 aliphatic rings.